The first-order valence-electron chi connectivity index (χ1n) is 21.4. The van der Waals surface area contributed by atoms with Crippen LogP contribution in [0, 0.1) is 16.7 Å². The van der Waals surface area contributed by atoms with Gasteiger partial charge in [-0.05, 0) is 54.3 Å². The number of Topliss-reactive ketones (excluding diaryl/α,β-unsaturated/α-hetero) is 1. The Labute approximate surface area is 381 Å². The number of aliphatic hydroxyl groups excluding tert-OH is 1. The van der Waals surface area contributed by atoms with Crippen LogP contribution in [0.3, 0.4) is 0 Å². The monoisotopic (exact) mass is 913 g/mol. The number of carbonyl (C=O) groups excluding carboxylic acids is 6. The maximum absolute atomic E-state index is 16.0. The van der Waals surface area contributed by atoms with Gasteiger partial charge in [0.2, 0.25) is 0 Å². The third-order valence-electron chi connectivity index (χ3n) is 13.8. The van der Waals surface area contributed by atoms with Gasteiger partial charge in [0.05, 0.1) is 35.5 Å². The second-order valence-corrected chi connectivity index (χ2v) is 19.0. The molecule has 0 unspecified atom stereocenters. The number of thioether (sulfide) groups is 1. The van der Waals surface area contributed by atoms with E-state index in [1.807, 2.05) is 0 Å². The van der Waals surface area contributed by atoms with E-state index in [0.717, 1.165) is 6.92 Å². The number of benzene rings is 3. The molecule has 4 aliphatic rings. The van der Waals surface area contributed by atoms with Gasteiger partial charge in [-0.15, -0.1) is 11.8 Å². The predicted molar refractivity (Wildman–Crippen MR) is 235 cm³/mol. The number of aliphatic hydroxyl groups is 2. The SMILES string of the molecule is COCS[C@H]1C[C@H]2OC[C@@]2(OC(C)=O)[C@H]2[C@H](OC(=O)c3ccccc3)[C@]3(O)C[C@H](OC(=O)[C@H](O)[C@@H](NC(=O)c4ccccc4)c4ccccc4)C(C)=C([C@@H](OC(C)=O)C(=O)[C@]12C)C3(C)C. The number of ketones is 1. The average Bonchev–Trinajstić information content (AvgIpc) is 3.27. The molecule has 346 valence electrons. The van der Waals surface area contributed by atoms with Crippen molar-refractivity contribution < 1.29 is 67.4 Å². The first-order chi connectivity index (χ1) is 30.8. The zero-order valence-electron chi connectivity index (χ0n) is 37.3. The molecule has 0 aromatic heterocycles. The van der Waals surface area contributed by atoms with Crippen LogP contribution in [0.25, 0.3) is 0 Å². The minimum atomic E-state index is -2.32. The summed E-state index contributed by atoms with van der Waals surface area (Å²) in [6, 6.07) is 23.3. The molecule has 16 heteroatoms. The molecule has 65 heavy (non-hydrogen) atoms. The maximum atomic E-state index is 16.0. The van der Waals surface area contributed by atoms with E-state index in [1.54, 1.807) is 107 Å². The van der Waals surface area contributed by atoms with Crippen molar-refractivity contribution in [1.82, 2.24) is 5.32 Å². The number of esters is 4. The van der Waals surface area contributed by atoms with Gasteiger partial charge in [-0.1, -0.05) is 87.5 Å². The first kappa shape index (κ1) is 47.6. The third-order valence-corrected chi connectivity index (χ3v) is 15.3. The van der Waals surface area contributed by atoms with E-state index in [0.29, 0.717) is 5.56 Å². The lowest BCUT2D eigenvalue weighted by molar-refractivity contribution is -0.331. The van der Waals surface area contributed by atoms with Crippen molar-refractivity contribution in [3.8, 4) is 0 Å². The zero-order valence-corrected chi connectivity index (χ0v) is 38.1. The fourth-order valence-electron chi connectivity index (χ4n) is 10.6. The molecule has 3 aromatic rings. The van der Waals surface area contributed by atoms with Crippen molar-refractivity contribution in [3.63, 3.8) is 0 Å². The van der Waals surface area contributed by atoms with Crippen LogP contribution < -0.4 is 5.32 Å². The van der Waals surface area contributed by atoms with Crippen molar-refractivity contribution in [2.45, 2.75) is 107 Å². The summed E-state index contributed by atoms with van der Waals surface area (Å²) in [5, 5.41) is 27.8. The Hall–Kier alpha value is -5.39. The molecule has 3 fully saturated rings. The lowest BCUT2D eigenvalue weighted by Crippen LogP contribution is -2.81. The summed E-state index contributed by atoms with van der Waals surface area (Å²) in [6.45, 7) is 8.57. The van der Waals surface area contributed by atoms with Crippen molar-refractivity contribution in [2.24, 2.45) is 16.7 Å². The fraction of sp³-hybridized carbons (Fsp3) is 0.469. The Bertz CT molecular complexity index is 2340. The number of carbonyl (C=O) groups is 6. The summed E-state index contributed by atoms with van der Waals surface area (Å²) < 4.78 is 36.6. The first-order valence-corrected chi connectivity index (χ1v) is 22.5. The average molecular weight is 914 g/mol. The Morgan fingerprint density at radius 3 is 2.02 bits per heavy atom. The third kappa shape index (κ3) is 8.39. The van der Waals surface area contributed by atoms with E-state index >= 15 is 4.79 Å². The van der Waals surface area contributed by atoms with Gasteiger partial charge in [0.15, 0.2) is 23.6 Å². The number of methoxy groups -OCH3 is 1. The van der Waals surface area contributed by atoms with Crippen LogP contribution in [0.1, 0.15) is 86.7 Å². The van der Waals surface area contributed by atoms with Crippen LogP contribution in [0.15, 0.2) is 102 Å². The molecular formula is C49H55NO14S. The Kier molecular flexibility index (Phi) is 13.5. The lowest BCUT2D eigenvalue weighted by atomic mass is 9.45. The van der Waals surface area contributed by atoms with Gasteiger partial charge in [-0.2, -0.15) is 0 Å². The Balaban J connectivity index is 1.41. The van der Waals surface area contributed by atoms with Gasteiger partial charge in [-0.25, -0.2) is 9.59 Å². The normalized spacial score (nSPS) is 30.9. The molecule has 0 spiro atoms. The molecule has 3 N–H and O–H groups in total. The van der Waals surface area contributed by atoms with Gasteiger partial charge < -0.3 is 44.0 Å². The highest BCUT2D eigenvalue weighted by Gasteiger charge is 2.78. The molecule has 1 amide bonds. The predicted octanol–water partition coefficient (Wildman–Crippen LogP) is 5.08. The van der Waals surface area contributed by atoms with Crippen LogP contribution in [0.2, 0.25) is 0 Å². The second kappa shape index (κ2) is 18.5. The van der Waals surface area contributed by atoms with Crippen molar-refractivity contribution in [3.05, 3.63) is 119 Å². The highest BCUT2D eigenvalue weighted by Crippen LogP contribution is 2.66. The highest BCUT2D eigenvalue weighted by atomic mass is 32.2. The van der Waals surface area contributed by atoms with Gasteiger partial charge in [0.25, 0.3) is 5.91 Å². The van der Waals surface area contributed by atoms with Gasteiger partial charge in [0, 0.05) is 43.6 Å². The van der Waals surface area contributed by atoms with E-state index in [2.05, 4.69) is 5.32 Å². The summed E-state index contributed by atoms with van der Waals surface area (Å²) >= 11 is 1.27. The number of amides is 1. The maximum Gasteiger partial charge on any atom is 0.338 e. The lowest BCUT2D eigenvalue weighted by Gasteiger charge is -2.68. The standard InChI is InChI=1S/C49H55NO14S/c1-27-33(62-45(57)38(53)37(30-17-11-8-12-18-30)50-43(55)31-19-13-9-14-20-31)24-49(58)42(63-44(56)32-21-15-10-16-22-32)40-47(6,41(54)39(61-28(2)51)36(27)46(49,4)5)35(65-26-59-7)23-34-48(40,25-60-34)64-29(3)52/h8-22,33-35,37-40,42,53,58H,23-26H2,1-7H3,(H,50,55)/t33-,34+,35-,37-,38+,39+,40-,42-,47+,48-,49+/m0/s1. The number of fused-ring (bicyclic) bond motifs is 5. The van der Waals surface area contributed by atoms with Crippen molar-refractivity contribution in [1.29, 1.82) is 0 Å². The quantitative estimate of drug-likeness (QED) is 0.0884. The van der Waals surface area contributed by atoms with E-state index < -0.39 is 112 Å². The summed E-state index contributed by atoms with van der Waals surface area (Å²) in [5.74, 6) is -6.12. The molecule has 3 aromatic carbocycles. The van der Waals surface area contributed by atoms with Crippen LogP contribution in [-0.2, 0) is 47.6 Å². The smallest absolute Gasteiger partial charge is 0.338 e. The van der Waals surface area contributed by atoms with Gasteiger partial charge in [-0.3, -0.25) is 19.2 Å². The molecule has 2 saturated carbocycles. The molecular weight excluding hydrogens is 859 g/mol. The molecule has 11 atom stereocenters. The molecule has 7 rings (SSSR count). The number of nitrogens with one attached hydrogen (secondary N) is 1. The summed E-state index contributed by atoms with van der Waals surface area (Å²) in [6.07, 6.45) is -8.07. The molecule has 0 radical (unpaired) electrons. The number of hydrogen-bond donors (Lipinski definition) is 3. The summed E-state index contributed by atoms with van der Waals surface area (Å²) in [4.78, 5) is 84.7. The molecule has 1 heterocycles. The van der Waals surface area contributed by atoms with E-state index in [9.17, 15) is 34.2 Å². The molecule has 15 nitrogen and oxygen atoms in total. The van der Waals surface area contributed by atoms with Crippen molar-refractivity contribution >= 4 is 47.3 Å². The van der Waals surface area contributed by atoms with E-state index in [4.69, 9.17) is 28.4 Å². The number of rotatable bonds is 13. The van der Waals surface area contributed by atoms with E-state index in [1.165, 1.54) is 37.9 Å². The summed E-state index contributed by atoms with van der Waals surface area (Å²) in [5.41, 5.74) is -6.25. The second-order valence-electron chi connectivity index (χ2n) is 17.9. The van der Waals surface area contributed by atoms with Crippen LogP contribution in [0.4, 0.5) is 0 Å². The number of ether oxygens (including phenoxy) is 6. The van der Waals surface area contributed by atoms with Crippen LogP contribution >= 0.6 is 11.8 Å². The minimum absolute atomic E-state index is 0.0835. The molecule has 1 saturated heterocycles. The van der Waals surface area contributed by atoms with Crippen LogP contribution in [0.5, 0.6) is 0 Å². The summed E-state index contributed by atoms with van der Waals surface area (Å²) in [7, 11) is 1.49. The van der Waals surface area contributed by atoms with Gasteiger partial charge in [0.1, 0.15) is 23.9 Å². The van der Waals surface area contributed by atoms with Crippen molar-refractivity contribution in [2.75, 3.05) is 19.7 Å². The molecule has 1 aliphatic heterocycles. The molecule has 2 bridgehead atoms. The van der Waals surface area contributed by atoms with E-state index in [-0.39, 0.29) is 41.2 Å². The van der Waals surface area contributed by atoms with Crippen LogP contribution in [-0.4, -0.2) is 112 Å². The topological polar surface area (TPSA) is 210 Å². The Morgan fingerprint density at radius 2 is 1.46 bits per heavy atom. The molecule has 3 aliphatic carbocycles. The van der Waals surface area contributed by atoms with Gasteiger partial charge >= 0.3 is 23.9 Å². The highest BCUT2D eigenvalue weighted by molar-refractivity contribution is 7.99. The number of hydrogen-bond acceptors (Lipinski definition) is 15. The minimum Gasteiger partial charge on any atom is -0.456 e. The largest absolute Gasteiger partial charge is 0.456 e. The Morgan fingerprint density at radius 1 is 0.862 bits per heavy atom. The zero-order chi connectivity index (χ0) is 47.1. The fourth-order valence-corrected chi connectivity index (χ4v) is 11.8.